The van der Waals surface area contributed by atoms with E-state index >= 15 is 0 Å². The van der Waals surface area contributed by atoms with Crippen molar-refractivity contribution in [2.45, 2.75) is 165 Å². The van der Waals surface area contributed by atoms with Crippen LogP contribution >= 0.6 is 0 Å². The number of allylic oxidation sites excluding steroid dienone is 1. The minimum Gasteiger partial charge on any atom is -0.394 e. The molecule has 4 aliphatic carbocycles. The first kappa shape index (κ1) is 36.2. The summed E-state index contributed by atoms with van der Waals surface area (Å²) in [5.74, 6) is 3.57. The predicted octanol–water partition coefficient (Wildman–Crippen LogP) is 2.00. The molecule has 0 unspecified atom stereocenters. The summed E-state index contributed by atoms with van der Waals surface area (Å²) in [7, 11) is 0. The van der Waals surface area contributed by atoms with E-state index in [0.29, 0.717) is 41.4 Å². The Morgan fingerprint density at radius 1 is 0.840 bits per heavy atom. The molecular formula is C38H60O12. The van der Waals surface area contributed by atoms with Crippen molar-refractivity contribution in [1.82, 2.24) is 0 Å². The molecule has 4 saturated heterocycles. The Hall–Kier alpha value is -0.740. The van der Waals surface area contributed by atoms with Gasteiger partial charge >= 0.3 is 0 Å². The van der Waals surface area contributed by atoms with Gasteiger partial charge in [-0.2, -0.15) is 0 Å². The average Bonchev–Trinajstić information content (AvgIpc) is 3.55. The molecule has 8 aliphatic rings. The molecule has 4 heterocycles. The van der Waals surface area contributed by atoms with Crippen LogP contribution in [0.25, 0.3) is 0 Å². The number of hydrogen-bond acceptors (Lipinski definition) is 12. The molecule has 1 spiro atoms. The van der Waals surface area contributed by atoms with E-state index in [0.717, 1.165) is 45.1 Å². The summed E-state index contributed by atoms with van der Waals surface area (Å²) in [5, 5.41) is 62.7. The summed E-state index contributed by atoms with van der Waals surface area (Å²) in [6.45, 7) is 9.03. The summed E-state index contributed by atoms with van der Waals surface area (Å²) in [6.07, 6.45) is -1.45. The number of rotatable bonds is 5. The molecule has 7 fully saturated rings. The van der Waals surface area contributed by atoms with Gasteiger partial charge in [0.15, 0.2) is 18.4 Å². The molecule has 21 atom stereocenters. The molecule has 0 bridgehead atoms. The molecule has 0 aromatic rings. The van der Waals surface area contributed by atoms with Crippen LogP contribution in [0.2, 0.25) is 0 Å². The maximum atomic E-state index is 11.1. The highest BCUT2D eigenvalue weighted by Gasteiger charge is 2.68. The molecule has 0 aromatic heterocycles. The Kier molecular flexibility index (Phi) is 9.81. The second kappa shape index (κ2) is 13.5. The Bertz CT molecular complexity index is 1260. The summed E-state index contributed by atoms with van der Waals surface area (Å²) >= 11 is 0. The van der Waals surface area contributed by atoms with Gasteiger partial charge in [-0.25, -0.2) is 0 Å². The molecule has 0 aromatic carbocycles. The van der Waals surface area contributed by atoms with Crippen molar-refractivity contribution in [3.8, 4) is 0 Å². The zero-order valence-electron chi connectivity index (χ0n) is 30.0. The van der Waals surface area contributed by atoms with Gasteiger partial charge in [0.25, 0.3) is 0 Å². The summed E-state index contributed by atoms with van der Waals surface area (Å²) in [4.78, 5) is 0. The van der Waals surface area contributed by atoms with Gasteiger partial charge in [-0.1, -0.05) is 32.4 Å². The number of aliphatic hydroxyl groups excluding tert-OH is 6. The Labute approximate surface area is 295 Å². The van der Waals surface area contributed by atoms with E-state index in [4.69, 9.17) is 28.4 Å². The van der Waals surface area contributed by atoms with E-state index in [1.54, 1.807) is 0 Å². The van der Waals surface area contributed by atoms with Crippen molar-refractivity contribution < 1.29 is 59.1 Å². The van der Waals surface area contributed by atoms with Gasteiger partial charge in [-0.05, 0) is 99.2 Å². The first-order chi connectivity index (χ1) is 23.8. The third-order valence-electron chi connectivity index (χ3n) is 14.9. The normalized spacial score (nSPS) is 57.8. The van der Waals surface area contributed by atoms with Crippen LogP contribution in [-0.4, -0.2) is 123 Å². The van der Waals surface area contributed by atoms with E-state index in [9.17, 15) is 30.6 Å². The largest absolute Gasteiger partial charge is 0.394 e. The third-order valence-corrected chi connectivity index (χ3v) is 14.9. The monoisotopic (exact) mass is 708 g/mol. The van der Waals surface area contributed by atoms with Gasteiger partial charge in [0.2, 0.25) is 0 Å². The SMILES string of the molecule is C[C@@H]1CC[C@@]2(OC1)O[C@H]1C[C@H]3[C@@H]4CC=C5C[C@@H](O[C@@H]6O[C@H](CO)[C@@H](O)[C@H](O)[C@H]6O[C@@H]6O[C@@H](C)[C@H](O)[C@@H](O)[C@H]6O)CC[C@@H]5[C@H]4CC[C@]3(C)[C@H]1[C@@H]2C. The van der Waals surface area contributed by atoms with E-state index in [-0.39, 0.29) is 17.6 Å². The lowest BCUT2D eigenvalue weighted by Crippen LogP contribution is -2.64. The molecule has 8 rings (SSSR count). The quantitative estimate of drug-likeness (QED) is 0.230. The molecule has 12 heteroatoms. The van der Waals surface area contributed by atoms with Crippen LogP contribution in [0.5, 0.6) is 0 Å². The summed E-state index contributed by atoms with van der Waals surface area (Å²) in [5.41, 5.74) is 1.68. The fourth-order valence-electron chi connectivity index (χ4n) is 12.1. The van der Waals surface area contributed by atoms with Crippen LogP contribution in [0.3, 0.4) is 0 Å². The minimum atomic E-state index is -1.60. The first-order valence-electron chi connectivity index (χ1n) is 19.5. The van der Waals surface area contributed by atoms with Crippen LogP contribution in [-0.2, 0) is 28.4 Å². The Morgan fingerprint density at radius 3 is 2.38 bits per heavy atom. The van der Waals surface area contributed by atoms with Crippen molar-refractivity contribution >= 4 is 0 Å². The molecule has 0 radical (unpaired) electrons. The summed E-state index contributed by atoms with van der Waals surface area (Å²) in [6, 6.07) is 0. The highest BCUT2D eigenvalue weighted by molar-refractivity contribution is 5.22. The van der Waals surface area contributed by atoms with Crippen LogP contribution in [0, 0.1) is 46.8 Å². The minimum absolute atomic E-state index is 0.237. The average molecular weight is 709 g/mol. The lowest BCUT2D eigenvalue weighted by molar-refractivity contribution is -0.369. The van der Waals surface area contributed by atoms with Gasteiger partial charge < -0.3 is 59.1 Å². The fourth-order valence-corrected chi connectivity index (χ4v) is 12.1. The number of hydrogen-bond donors (Lipinski definition) is 6. The third kappa shape index (κ3) is 5.78. The van der Waals surface area contributed by atoms with Gasteiger partial charge in [-0.3, -0.25) is 0 Å². The van der Waals surface area contributed by atoms with Gasteiger partial charge in [0.1, 0.15) is 42.7 Å². The van der Waals surface area contributed by atoms with Crippen molar-refractivity contribution in [3.05, 3.63) is 11.6 Å². The topological polar surface area (TPSA) is 177 Å². The molecule has 6 N–H and O–H groups in total. The van der Waals surface area contributed by atoms with E-state index in [1.807, 2.05) is 0 Å². The van der Waals surface area contributed by atoms with Crippen LogP contribution in [0.15, 0.2) is 11.6 Å². The van der Waals surface area contributed by atoms with Crippen LogP contribution in [0.4, 0.5) is 0 Å². The fraction of sp³-hybridized carbons (Fsp3) is 0.947. The number of fused-ring (bicyclic) bond motifs is 7. The Morgan fingerprint density at radius 2 is 1.64 bits per heavy atom. The van der Waals surface area contributed by atoms with Crippen molar-refractivity contribution in [2.75, 3.05) is 13.2 Å². The molecule has 0 amide bonds. The number of aliphatic hydroxyl groups is 6. The standard InChI is InChI=1S/C38H60O12/c1-17-9-12-38(45-16-17)18(2)28-26(50-38)14-25-24-7-5-20-13-21(6-8-22(20)23(24)10-11-37(25,28)4)47-36-34(32(43)30(41)27(15-39)48-36)49-35-33(44)31(42)29(40)19(3)46-35/h5,17-19,21-36,39-44H,6-16H2,1-4H3/t17-,18+,19+,21+,22+,23-,24-,25+,26+,27-,28+,29+,30-,31-,32+,33-,34-,35+,36-,37+,38-/m1/s1. The van der Waals surface area contributed by atoms with Gasteiger partial charge in [-0.15, -0.1) is 0 Å². The predicted molar refractivity (Wildman–Crippen MR) is 177 cm³/mol. The maximum absolute atomic E-state index is 11.1. The zero-order chi connectivity index (χ0) is 35.3. The molecule has 50 heavy (non-hydrogen) atoms. The van der Waals surface area contributed by atoms with Gasteiger partial charge in [0, 0.05) is 12.3 Å². The van der Waals surface area contributed by atoms with Crippen molar-refractivity contribution in [2.24, 2.45) is 46.8 Å². The second-order valence-corrected chi connectivity index (χ2v) is 17.6. The molecule has 4 aliphatic heterocycles. The van der Waals surface area contributed by atoms with Crippen molar-refractivity contribution in [1.29, 1.82) is 0 Å². The van der Waals surface area contributed by atoms with Crippen molar-refractivity contribution in [3.63, 3.8) is 0 Å². The maximum Gasteiger partial charge on any atom is 0.187 e. The smallest absolute Gasteiger partial charge is 0.187 e. The van der Waals surface area contributed by atoms with Crippen LogP contribution in [0.1, 0.15) is 85.5 Å². The zero-order valence-corrected chi connectivity index (χ0v) is 30.0. The molecule has 284 valence electrons. The van der Waals surface area contributed by atoms with E-state index in [2.05, 4.69) is 26.8 Å². The lowest BCUT2D eigenvalue weighted by Gasteiger charge is -2.55. The van der Waals surface area contributed by atoms with Crippen LogP contribution < -0.4 is 0 Å². The first-order valence-corrected chi connectivity index (χ1v) is 19.5. The highest BCUT2D eigenvalue weighted by atomic mass is 16.8. The Balaban J connectivity index is 0.943. The highest BCUT2D eigenvalue weighted by Crippen LogP contribution is 2.69. The second-order valence-electron chi connectivity index (χ2n) is 17.6. The molecular weight excluding hydrogens is 648 g/mol. The molecule has 12 nitrogen and oxygen atoms in total. The number of ether oxygens (including phenoxy) is 6. The van der Waals surface area contributed by atoms with Gasteiger partial charge in [0.05, 0.1) is 31.5 Å². The molecule has 3 saturated carbocycles. The summed E-state index contributed by atoms with van der Waals surface area (Å²) < 4.78 is 37.5. The van der Waals surface area contributed by atoms with E-state index < -0.39 is 73.8 Å². The van der Waals surface area contributed by atoms with E-state index in [1.165, 1.54) is 31.8 Å². The lowest BCUT2D eigenvalue weighted by atomic mass is 9.51.